The van der Waals surface area contributed by atoms with Gasteiger partial charge in [-0.3, -0.25) is 4.99 Å². The largest absolute Gasteiger partial charge is 0.356 e. The Balaban J connectivity index is 1.28. The summed E-state index contributed by atoms with van der Waals surface area (Å²) >= 11 is 6.15. The molecule has 2 aromatic rings. The highest BCUT2D eigenvalue weighted by molar-refractivity contribution is 6.30. The third kappa shape index (κ3) is 5.21. The lowest BCUT2D eigenvalue weighted by atomic mass is 10.1. The Bertz CT molecular complexity index is 843. The van der Waals surface area contributed by atoms with E-state index in [0.29, 0.717) is 18.0 Å². The number of aromatic nitrogens is 1. The maximum atomic E-state index is 6.15. The molecule has 1 aromatic carbocycles. The maximum absolute atomic E-state index is 6.15. The van der Waals surface area contributed by atoms with Gasteiger partial charge >= 0.3 is 0 Å². The van der Waals surface area contributed by atoms with Crippen LogP contribution < -0.4 is 15.5 Å². The fourth-order valence-electron chi connectivity index (χ4n) is 4.02. The van der Waals surface area contributed by atoms with Gasteiger partial charge in [0.1, 0.15) is 5.82 Å². The van der Waals surface area contributed by atoms with Crippen LogP contribution in [0.4, 0.5) is 5.82 Å². The van der Waals surface area contributed by atoms with Crippen LogP contribution in [0.2, 0.25) is 5.02 Å². The summed E-state index contributed by atoms with van der Waals surface area (Å²) in [7, 11) is 0. The highest BCUT2D eigenvalue weighted by Crippen LogP contribution is 2.41. The number of anilines is 1. The molecule has 4 rings (SSSR count). The van der Waals surface area contributed by atoms with Crippen LogP contribution in [0.3, 0.4) is 0 Å². The number of rotatable bonds is 5. The van der Waals surface area contributed by atoms with Crippen molar-refractivity contribution in [3.05, 3.63) is 58.7 Å². The van der Waals surface area contributed by atoms with Crippen LogP contribution in [0.15, 0.2) is 47.6 Å². The van der Waals surface area contributed by atoms with E-state index < -0.39 is 0 Å². The summed E-state index contributed by atoms with van der Waals surface area (Å²) in [5.41, 5.74) is 2.51. The third-order valence-electron chi connectivity index (χ3n) is 5.76. The summed E-state index contributed by atoms with van der Waals surface area (Å²) in [5, 5.41) is 8.09. The number of nitrogens with zero attached hydrogens (tertiary/aromatic N) is 3. The summed E-state index contributed by atoms with van der Waals surface area (Å²) in [6, 6.07) is 13.3. The Morgan fingerprint density at radius 3 is 2.72 bits per heavy atom. The van der Waals surface area contributed by atoms with Crippen molar-refractivity contribution in [1.82, 2.24) is 15.6 Å². The van der Waals surface area contributed by atoms with Crippen molar-refractivity contribution in [3.63, 3.8) is 0 Å². The van der Waals surface area contributed by atoms with Gasteiger partial charge in [-0.2, -0.15) is 0 Å². The Labute approximate surface area is 178 Å². The van der Waals surface area contributed by atoms with E-state index in [2.05, 4.69) is 63.6 Å². The zero-order valence-electron chi connectivity index (χ0n) is 17.2. The molecule has 2 heterocycles. The molecule has 5 nitrogen and oxygen atoms in total. The molecule has 0 amide bonds. The van der Waals surface area contributed by atoms with Crippen LogP contribution in [0.5, 0.6) is 0 Å². The van der Waals surface area contributed by atoms with E-state index in [4.69, 9.17) is 11.6 Å². The molecule has 1 aromatic heterocycles. The highest BCUT2D eigenvalue weighted by atomic mass is 35.5. The van der Waals surface area contributed by atoms with E-state index in [0.717, 1.165) is 55.7 Å². The van der Waals surface area contributed by atoms with Gasteiger partial charge in [-0.15, -0.1) is 0 Å². The number of piperidine rings is 1. The van der Waals surface area contributed by atoms with Crippen LogP contribution in [0.1, 0.15) is 43.2 Å². The standard InChI is InChI=1S/C23H30ClN5/c1-3-25-23(28-21-14-20(21)17-5-4-6-18(24)13-17)27-19-9-11-29(12-10-19)22-8-7-16(2)15-26-22/h4-8,13,15,19-21H,3,9-12,14H2,1-2H3,(H2,25,27,28). The molecule has 0 spiro atoms. The van der Waals surface area contributed by atoms with Gasteiger partial charge in [0.15, 0.2) is 5.96 Å². The van der Waals surface area contributed by atoms with E-state index in [1.54, 1.807) is 0 Å². The van der Waals surface area contributed by atoms with Crippen molar-refractivity contribution in [2.24, 2.45) is 4.99 Å². The fraction of sp³-hybridized carbons (Fsp3) is 0.478. The van der Waals surface area contributed by atoms with Gasteiger partial charge in [0.25, 0.3) is 0 Å². The van der Waals surface area contributed by atoms with Crippen LogP contribution in [0.25, 0.3) is 0 Å². The minimum absolute atomic E-state index is 0.433. The molecule has 2 fully saturated rings. The quantitative estimate of drug-likeness (QED) is 0.574. The molecule has 2 aliphatic rings. The van der Waals surface area contributed by atoms with Crippen molar-refractivity contribution in [1.29, 1.82) is 0 Å². The topological polar surface area (TPSA) is 52.6 Å². The number of guanidine groups is 1. The summed E-state index contributed by atoms with van der Waals surface area (Å²) in [6.45, 7) is 6.96. The zero-order valence-corrected chi connectivity index (χ0v) is 18.0. The Morgan fingerprint density at radius 2 is 2.03 bits per heavy atom. The minimum Gasteiger partial charge on any atom is -0.356 e. The fourth-order valence-corrected chi connectivity index (χ4v) is 4.22. The predicted octanol–water partition coefficient (Wildman–Crippen LogP) is 4.12. The van der Waals surface area contributed by atoms with Gasteiger partial charge in [0, 0.05) is 48.9 Å². The van der Waals surface area contributed by atoms with Gasteiger partial charge in [-0.1, -0.05) is 29.8 Å². The summed E-state index contributed by atoms with van der Waals surface area (Å²) in [6.07, 6.45) is 5.24. The number of aliphatic imine (C=N–C) groups is 1. The first-order valence-electron chi connectivity index (χ1n) is 10.6. The number of pyridine rings is 1. The van der Waals surface area contributed by atoms with Gasteiger partial charge in [-0.25, -0.2) is 4.98 Å². The molecule has 1 aliphatic carbocycles. The summed E-state index contributed by atoms with van der Waals surface area (Å²) in [4.78, 5) is 11.6. The van der Waals surface area contributed by atoms with Crippen LogP contribution >= 0.6 is 11.6 Å². The molecule has 29 heavy (non-hydrogen) atoms. The minimum atomic E-state index is 0.433. The summed E-state index contributed by atoms with van der Waals surface area (Å²) < 4.78 is 0. The monoisotopic (exact) mass is 411 g/mol. The average molecular weight is 412 g/mol. The number of benzene rings is 1. The molecular formula is C23H30ClN5. The van der Waals surface area contributed by atoms with Crippen LogP contribution in [-0.2, 0) is 0 Å². The number of halogens is 1. The molecule has 0 radical (unpaired) electrons. The lowest BCUT2D eigenvalue weighted by Gasteiger charge is -2.34. The van der Waals surface area contributed by atoms with Crippen molar-refractivity contribution in [3.8, 4) is 0 Å². The molecule has 154 valence electrons. The summed E-state index contributed by atoms with van der Waals surface area (Å²) in [5.74, 6) is 2.54. The molecule has 0 bridgehead atoms. The normalized spacial score (nSPS) is 22.4. The third-order valence-corrected chi connectivity index (χ3v) is 6.00. The first kappa shape index (κ1) is 20.0. The second-order valence-electron chi connectivity index (χ2n) is 8.07. The second-order valence-corrected chi connectivity index (χ2v) is 8.51. The van der Waals surface area contributed by atoms with Gasteiger partial charge < -0.3 is 15.5 Å². The molecular weight excluding hydrogens is 382 g/mol. The Kier molecular flexibility index (Phi) is 6.24. The molecule has 6 heteroatoms. The maximum Gasteiger partial charge on any atom is 0.191 e. The Hall–Kier alpha value is -2.27. The second kappa shape index (κ2) is 9.04. The lowest BCUT2D eigenvalue weighted by Crippen LogP contribution is -2.49. The van der Waals surface area contributed by atoms with Crippen LogP contribution in [-0.4, -0.2) is 42.7 Å². The van der Waals surface area contributed by atoms with E-state index in [9.17, 15) is 0 Å². The van der Waals surface area contributed by atoms with E-state index in [1.165, 1.54) is 11.1 Å². The number of aryl methyl sites for hydroxylation is 1. The van der Waals surface area contributed by atoms with Crippen LogP contribution in [0, 0.1) is 6.92 Å². The highest BCUT2D eigenvalue weighted by Gasteiger charge is 2.39. The zero-order chi connectivity index (χ0) is 20.2. The molecule has 1 aliphatic heterocycles. The first-order valence-corrected chi connectivity index (χ1v) is 11.0. The van der Waals surface area contributed by atoms with Crippen molar-refractivity contribution < 1.29 is 0 Å². The number of hydrogen-bond acceptors (Lipinski definition) is 3. The molecule has 1 saturated carbocycles. The molecule has 1 saturated heterocycles. The van der Waals surface area contributed by atoms with Gasteiger partial charge in [0.05, 0.1) is 0 Å². The number of hydrogen-bond donors (Lipinski definition) is 2. The van der Waals surface area contributed by atoms with Crippen molar-refractivity contribution >= 4 is 23.4 Å². The Morgan fingerprint density at radius 1 is 1.21 bits per heavy atom. The smallest absolute Gasteiger partial charge is 0.191 e. The van der Waals surface area contributed by atoms with Crippen molar-refractivity contribution in [2.75, 3.05) is 24.5 Å². The SMILES string of the molecule is CCN=C(NC1CCN(c2ccc(C)cn2)CC1)NC1CC1c1cccc(Cl)c1. The lowest BCUT2D eigenvalue weighted by molar-refractivity contribution is 0.459. The first-order chi connectivity index (χ1) is 14.1. The van der Waals surface area contributed by atoms with E-state index in [1.807, 2.05) is 18.3 Å². The van der Waals surface area contributed by atoms with Gasteiger partial charge in [0.2, 0.25) is 0 Å². The molecule has 2 atom stereocenters. The molecule has 2 N–H and O–H groups in total. The number of nitrogens with one attached hydrogen (secondary N) is 2. The van der Waals surface area contributed by atoms with Crippen molar-refractivity contribution in [2.45, 2.75) is 51.1 Å². The van der Waals surface area contributed by atoms with E-state index >= 15 is 0 Å². The average Bonchev–Trinajstić information content (AvgIpc) is 3.49. The molecule has 2 unspecified atom stereocenters. The predicted molar refractivity (Wildman–Crippen MR) is 121 cm³/mol. The van der Waals surface area contributed by atoms with Gasteiger partial charge in [-0.05, 0) is 62.4 Å². The van der Waals surface area contributed by atoms with E-state index in [-0.39, 0.29) is 0 Å².